The van der Waals surface area contributed by atoms with Crippen LogP contribution >= 0.6 is 11.6 Å². The summed E-state index contributed by atoms with van der Waals surface area (Å²) in [6.45, 7) is 6.96. The third-order valence-corrected chi connectivity index (χ3v) is 4.85. The lowest BCUT2D eigenvalue weighted by Crippen LogP contribution is -2.41. The maximum atomic E-state index is 12.1. The minimum absolute atomic E-state index is 0.0827. The maximum absolute atomic E-state index is 12.1. The number of amides is 1. The van der Waals surface area contributed by atoms with E-state index in [4.69, 9.17) is 16.3 Å². The van der Waals surface area contributed by atoms with E-state index in [9.17, 15) is 4.79 Å². The van der Waals surface area contributed by atoms with E-state index in [0.29, 0.717) is 17.3 Å². The number of nitrogens with one attached hydrogen (secondary N) is 1. The molecule has 134 valence electrons. The Balaban J connectivity index is 1.67. The van der Waals surface area contributed by atoms with Gasteiger partial charge in [0.2, 0.25) is 0 Å². The molecule has 1 heterocycles. The van der Waals surface area contributed by atoms with Gasteiger partial charge in [-0.25, -0.2) is 0 Å². The summed E-state index contributed by atoms with van der Waals surface area (Å²) < 4.78 is 5.63. The Labute approximate surface area is 150 Å². The number of rotatable bonds is 8. The van der Waals surface area contributed by atoms with Gasteiger partial charge in [0, 0.05) is 24.2 Å². The normalized spacial score (nSPS) is 19.7. The number of piperidine rings is 1. The van der Waals surface area contributed by atoms with Crippen molar-refractivity contribution in [2.75, 3.05) is 19.6 Å². The summed E-state index contributed by atoms with van der Waals surface area (Å²) >= 11 is 5.92. The highest BCUT2D eigenvalue weighted by Crippen LogP contribution is 2.19. The van der Waals surface area contributed by atoms with Gasteiger partial charge >= 0.3 is 0 Å². The molecule has 0 bridgehead atoms. The van der Waals surface area contributed by atoms with Crippen molar-refractivity contribution in [1.82, 2.24) is 10.2 Å². The van der Waals surface area contributed by atoms with Crippen LogP contribution in [-0.4, -0.2) is 42.6 Å². The quantitative estimate of drug-likeness (QED) is 0.722. The number of likely N-dealkylation sites (tertiary alicyclic amines) is 1. The molecule has 1 N–H and O–H groups in total. The molecule has 4 nitrogen and oxygen atoms in total. The van der Waals surface area contributed by atoms with Crippen LogP contribution in [0.3, 0.4) is 0 Å². The molecule has 0 aromatic heterocycles. The van der Waals surface area contributed by atoms with Crippen LogP contribution in [0, 0.1) is 0 Å². The Bertz CT molecular complexity index is 524. The van der Waals surface area contributed by atoms with Crippen LogP contribution in [0.15, 0.2) is 24.3 Å². The second-order valence-corrected chi connectivity index (χ2v) is 6.89. The van der Waals surface area contributed by atoms with Crippen LogP contribution in [0.4, 0.5) is 0 Å². The molecule has 2 rings (SSSR count). The third-order valence-electron chi connectivity index (χ3n) is 4.62. The summed E-state index contributed by atoms with van der Waals surface area (Å²) in [6, 6.07) is 7.83. The van der Waals surface area contributed by atoms with Crippen molar-refractivity contribution in [3.63, 3.8) is 0 Å². The molecule has 0 unspecified atom stereocenters. The van der Waals surface area contributed by atoms with Gasteiger partial charge in [-0.3, -0.25) is 4.79 Å². The largest absolute Gasteiger partial charge is 0.481 e. The Kier molecular flexibility index (Phi) is 7.86. The fourth-order valence-electron chi connectivity index (χ4n) is 3.25. The van der Waals surface area contributed by atoms with Crippen molar-refractivity contribution in [2.24, 2.45) is 0 Å². The Morgan fingerprint density at radius 2 is 2.29 bits per heavy atom. The molecule has 1 saturated heterocycles. The average molecular weight is 353 g/mol. The highest BCUT2D eigenvalue weighted by Gasteiger charge is 2.20. The summed E-state index contributed by atoms with van der Waals surface area (Å²) in [5.74, 6) is 0.532. The lowest BCUT2D eigenvalue weighted by atomic mass is 10.00. The first kappa shape index (κ1) is 19.1. The minimum Gasteiger partial charge on any atom is -0.481 e. The zero-order chi connectivity index (χ0) is 17.4. The van der Waals surface area contributed by atoms with Crippen LogP contribution in [0.2, 0.25) is 5.02 Å². The molecule has 0 aliphatic carbocycles. The predicted octanol–water partition coefficient (Wildman–Crippen LogP) is 3.88. The first-order valence-corrected chi connectivity index (χ1v) is 9.42. The van der Waals surface area contributed by atoms with Crippen LogP contribution in [-0.2, 0) is 4.79 Å². The maximum Gasteiger partial charge on any atom is 0.260 e. The van der Waals surface area contributed by atoms with E-state index in [1.54, 1.807) is 25.1 Å². The van der Waals surface area contributed by atoms with E-state index < -0.39 is 6.10 Å². The summed E-state index contributed by atoms with van der Waals surface area (Å²) in [5.41, 5.74) is 0. The molecule has 1 aliphatic heterocycles. The van der Waals surface area contributed by atoms with Gasteiger partial charge in [-0.2, -0.15) is 0 Å². The zero-order valence-electron chi connectivity index (χ0n) is 14.8. The number of ether oxygens (including phenoxy) is 1. The van der Waals surface area contributed by atoms with Gasteiger partial charge in [0.1, 0.15) is 5.75 Å². The first-order valence-electron chi connectivity index (χ1n) is 9.04. The summed E-state index contributed by atoms with van der Waals surface area (Å²) in [5, 5.41) is 3.57. The fraction of sp³-hybridized carbons (Fsp3) is 0.632. The average Bonchev–Trinajstić information content (AvgIpc) is 2.58. The molecule has 1 fully saturated rings. The van der Waals surface area contributed by atoms with Crippen molar-refractivity contribution >= 4 is 17.5 Å². The molecule has 0 radical (unpaired) electrons. The van der Waals surface area contributed by atoms with Crippen molar-refractivity contribution in [2.45, 2.75) is 58.1 Å². The van der Waals surface area contributed by atoms with Crippen LogP contribution in [0.1, 0.15) is 46.0 Å². The molecule has 1 aromatic carbocycles. The number of hydrogen-bond acceptors (Lipinski definition) is 3. The van der Waals surface area contributed by atoms with Gasteiger partial charge in [-0.05, 0) is 57.4 Å². The van der Waals surface area contributed by atoms with Gasteiger partial charge in [0.25, 0.3) is 5.91 Å². The van der Waals surface area contributed by atoms with Crippen molar-refractivity contribution in [3.8, 4) is 5.75 Å². The molecule has 0 saturated carbocycles. The topological polar surface area (TPSA) is 41.6 Å². The van der Waals surface area contributed by atoms with Gasteiger partial charge in [-0.1, -0.05) is 31.0 Å². The number of benzene rings is 1. The highest BCUT2D eigenvalue weighted by molar-refractivity contribution is 6.30. The monoisotopic (exact) mass is 352 g/mol. The molecular weight excluding hydrogens is 324 g/mol. The lowest BCUT2D eigenvalue weighted by molar-refractivity contribution is -0.127. The van der Waals surface area contributed by atoms with E-state index in [1.807, 2.05) is 6.07 Å². The van der Waals surface area contributed by atoms with Crippen molar-refractivity contribution in [1.29, 1.82) is 0 Å². The van der Waals surface area contributed by atoms with E-state index in [0.717, 1.165) is 19.0 Å². The first-order chi connectivity index (χ1) is 11.6. The van der Waals surface area contributed by atoms with E-state index >= 15 is 0 Å². The minimum atomic E-state index is -0.526. The van der Waals surface area contributed by atoms with Gasteiger partial charge in [0.05, 0.1) is 0 Å². The summed E-state index contributed by atoms with van der Waals surface area (Å²) in [7, 11) is 0. The molecule has 1 aliphatic rings. The molecule has 1 aromatic rings. The van der Waals surface area contributed by atoms with Gasteiger partial charge < -0.3 is 15.0 Å². The Morgan fingerprint density at radius 1 is 1.46 bits per heavy atom. The standard InChI is InChI=1S/C19H29ClN2O2/c1-3-17-9-4-5-12-22(17)13-7-11-21-19(23)15(2)24-18-10-6-8-16(20)14-18/h6,8,10,14-15,17H,3-5,7,9,11-13H2,1-2H3,(H,21,23)/t15-,17-/m0/s1. The second-order valence-electron chi connectivity index (χ2n) is 6.46. The second kappa shape index (κ2) is 9.90. The predicted molar refractivity (Wildman–Crippen MR) is 98.7 cm³/mol. The number of carbonyl (C=O) groups excluding carboxylic acids is 1. The highest BCUT2D eigenvalue weighted by atomic mass is 35.5. The van der Waals surface area contributed by atoms with E-state index in [2.05, 4.69) is 17.1 Å². The Morgan fingerprint density at radius 3 is 3.04 bits per heavy atom. The Hall–Kier alpha value is -1.26. The van der Waals surface area contributed by atoms with Crippen LogP contribution < -0.4 is 10.1 Å². The molecule has 5 heteroatoms. The number of hydrogen-bond donors (Lipinski definition) is 1. The van der Waals surface area contributed by atoms with Crippen molar-refractivity contribution in [3.05, 3.63) is 29.3 Å². The molecule has 24 heavy (non-hydrogen) atoms. The number of nitrogens with zero attached hydrogens (tertiary/aromatic N) is 1. The molecule has 1 amide bonds. The zero-order valence-corrected chi connectivity index (χ0v) is 15.5. The fourth-order valence-corrected chi connectivity index (χ4v) is 3.43. The smallest absolute Gasteiger partial charge is 0.260 e. The molecular formula is C19H29ClN2O2. The van der Waals surface area contributed by atoms with Gasteiger partial charge in [-0.15, -0.1) is 0 Å². The molecule has 2 atom stereocenters. The lowest BCUT2D eigenvalue weighted by Gasteiger charge is -2.35. The van der Waals surface area contributed by atoms with E-state index in [-0.39, 0.29) is 5.91 Å². The van der Waals surface area contributed by atoms with E-state index in [1.165, 1.54) is 32.2 Å². The molecule has 0 spiro atoms. The van der Waals surface area contributed by atoms with Gasteiger partial charge in [0.15, 0.2) is 6.10 Å². The third kappa shape index (κ3) is 5.99. The van der Waals surface area contributed by atoms with Crippen LogP contribution in [0.5, 0.6) is 5.75 Å². The number of halogens is 1. The summed E-state index contributed by atoms with van der Waals surface area (Å²) in [4.78, 5) is 14.7. The van der Waals surface area contributed by atoms with Crippen LogP contribution in [0.25, 0.3) is 0 Å². The SMILES string of the molecule is CC[C@H]1CCCCN1CCCNC(=O)[C@H](C)Oc1cccc(Cl)c1. The number of carbonyl (C=O) groups is 1. The van der Waals surface area contributed by atoms with Crippen molar-refractivity contribution < 1.29 is 9.53 Å². The summed E-state index contributed by atoms with van der Waals surface area (Å²) in [6.07, 6.45) is 5.63.